The first-order valence-corrected chi connectivity index (χ1v) is 5.18. The van der Waals surface area contributed by atoms with Gasteiger partial charge in [0.1, 0.15) is 0 Å². The molecule has 1 nitrogen and oxygen atoms in total. The van der Waals surface area contributed by atoms with E-state index >= 15 is 0 Å². The van der Waals surface area contributed by atoms with Gasteiger partial charge in [0.2, 0.25) is 0 Å². The van der Waals surface area contributed by atoms with Crippen molar-refractivity contribution < 1.29 is 0 Å². The number of hydrogen-bond acceptors (Lipinski definition) is 1. The molecule has 0 bridgehead atoms. The Morgan fingerprint density at radius 3 is 2.36 bits per heavy atom. The molecule has 1 saturated heterocycles. The molecule has 1 heterocycles. The molecular weight excluding hydrogens is 158 g/mol. The zero-order chi connectivity index (χ0) is 7.68. The summed E-state index contributed by atoms with van der Waals surface area (Å²) in [7, 11) is 0. The van der Waals surface area contributed by atoms with Crippen LogP contribution in [0.5, 0.6) is 0 Å². The van der Waals surface area contributed by atoms with Crippen LogP contribution < -0.4 is 0 Å². The van der Waals surface area contributed by atoms with Crippen molar-refractivity contribution in [2.75, 3.05) is 13.1 Å². The Kier molecular flexibility index (Phi) is 2.38. The Bertz CT molecular complexity index is 132. The summed E-state index contributed by atoms with van der Waals surface area (Å²) >= 11 is 6.04. The molecule has 1 aliphatic heterocycles. The van der Waals surface area contributed by atoms with Crippen molar-refractivity contribution in [2.24, 2.45) is 0 Å². The molecule has 0 aromatic carbocycles. The average molecular weight is 174 g/mol. The SMILES string of the molecule is ClC1CCN(C2CCCC2)C1. The van der Waals surface area contributed by atoms with Crippen molar-refractivity contribution >= 4 is 11.6 Å². The molecule has 2 rings (SSSR count). The van der Waals surface area contributed by atoms with Crippen molar-refractivity contribution in [3.63, 3.8) is 0 Å². The third-order valence-electron chi connectivity index (χ3n) is 3.00. The van der Waals surface area contributed by atoms with Crippen LogP contribution in [-0.4, -0.2) is 29.4 Å². The minimum Gasteiger partial charge on any atom is -0.299 e. The molecule has 0 N–H and O–H groups in total. The van der Waals surface area contributed by atoms with E-state index in [0.29, 0.717) is 5.38 Å². The minimum atomic E-state index is 0.440. The van der Waals surface area contributed by atoms with Gasteiger partial charge < -0.3 is 0 Å². The molecule has 0 aromatic heterocycles. The first-order chi connectivity index (χ1) is 5.36. The monoisotopic (exact) mass is 173 g/mol. The van der Waals surface area contributed by atoms with E-state index < -0.39 is 0 Å². The molecule has 1 atom stereocenters. The van der Waals surface area contributed by atoms with E-state index in [4.69, 9.17) is 11.6 Å². The molecular formula is C9H16ClN. The highest BCUT2D eigenvalue weighted by Gasteiger charge is 2.28. The molecule has 1 saturated carbocycles. The molecule has 2 aliphatic rings. The van der Waals surface area contributed by atoms with E-state index in [-0.39, 0.29) is 0 Å². The molecule has 11 heavy (non-hydrogen) atoms. The maximum absolute atomic E-state index is 6.04. The van der Waals surface area contributed by atoms with E-state index in [9.17, 15) is 0 Å². The van der Waals surface area contributed by atoms with Gasteiger partial charge in [0.05, 0.1) is 0 Å². The van der Waals surface area contributed by atoms with Crippen LogP contribution in [0.25, 0.3) is 0 Å². The van der Waals surface area contributed by atoms with E-state index in [2.05, 4.69) is 4.90 Å². The summed E-state index contributed by atoms with van der Waals surface area (Å²) < 4.78 is 0. The van der Waals surface area contributed by atoms with Crippen LogP contribution in [0.4, 0.5) is 0 Å². The second kappa shape index (κ2) is 3.32. The maximum Gasteiger partial charge on any atom is 0.0475 e. The highest BCUT2D eigenvalue weighted by atomic mass is 35.5. The first kappa shape index (κ1) is 7.88. The molecule has 0 aromatic rings. The normalized spacial score (nSPS) is 35.2. The lowest BCUT2D eigenvalue weighted by Gasteiger charge is -2.22. The summed E-state index contributed by atoms with van der Waals surface area (Å²) in [5, 5.41) is 0.440. The van der Waals surface area contributed by atoms with Gasteiger partial charge in [0, 0.05) is 18.0 Å². The predicted molar refractivity (Wildman–Crippen MR) is 48.1 cm³/mol. The third kappa shape index (κ3) is 1.70. The standard InChI is InChI=1S/C9H16ClN/c10-8-5-6-11(7-8)9-3-1-2-4-9/h8-9H,1-7H2. The fourth-order valence-electron chi connectivity index (χ4n) is 2.34. The predicted octanol–water partition coefficient (Wildman–Crippen LogP) is 2.24. The second-order valence-corrected chi connectivity index (χ2v) is 4.44. The smallest absolute Gasteiger partial charge is 0.0475 e. The quantitative estimate of drug-likeness (QED) is 0.550. The van der Waals surface area contributed by atoms with Crippen LogP contribution in [-0.2, 0) is 0 Å². The van der Waals surface area contributed by atoms with Gasteiger partial charge in [-0.1, -0.05) is 12.8 Å². The van der Waals surface area contributed by atoms with Crippen LogP contribution >= 0.6 is 11.6 Å². The highest BCUT2D eigenvalue weighted by molar-refractivity contribution is 6.20. The van der Waals surface area contributed by atoms with Gasteiger partial charge in [-0.3, -0.25) is 4.90 Å². The lowest BCUT2D eigenvalue weighted by Crippen LogP contribution is -2.30. The topological polar surface area (TPSA) is 3.24 Å². The largest absolute Gasteiger partial charge is 0.299 e. The summed E-state index contributed by atoms with van der Waals surface area (Å²) in [6, 6.07) is 0.888. The molecule has 0 spiro atoms. The van der Waals surface area contributed by atoms with E-state index in [1.54, 1.807) is 0 Å². The summed E-state index contributed by atoms with van der Waals surface area (Å²) in [6.07, 6.45) is 6.92. The molecule has 64 valence electrons. The number of rotatable bonds is 1. The molecule has 1 aliphatic carbocycles. The number of nitrogens with zero attached hydrogens (tertiary/aromatic N) is 1. The van der Waals surface area contributed by atoms with Crippen LogP contribution in [0.1, 0.15) is 32.1 Å². The summed E-state index contributed by atoms with van der Waals surface area (Å²) in [5.41, 5.74) is 0. The van der Waals surface area contributed by atoms with Crippen molar-refractivity contribution in [2.45, 2.75) is 43.5 Å². The van der Waals surface area contributed by atoms with E-state index in [1.807, 2.05) is 0 Å². The van der Waals surface area contributed by atoms with Crippen molar-refractivity contribution in [3.8, 4) is 0 Å². The number of likely N-dealkylation sites (tertiary alicyclic amines) is 1. The summed E-state index contributed by atoms with van der Waals surface area (Å²) in [4.78, 5) is 2.59. The van der Waals surface area contributed by atoms with E-state index in [0.717, 1.165) is 12.6 Å². The molecule has 0 amide bonds. The number of halogens is 1. The molecule has 2 heteroatoms. The van der Waals surface area contributed by atoms with Gasteiger partial charge in [0.15, 0.2) is 0 Å². The van der Waals surface area contributed by atoms with Crippen LogP contribution in [0.3, 0.4) is 0 Å². The Morgan fingerprint density at radius 2 is 1.82 bits per heavy atom. The van der Waals surface area contributed by atoms with Gasteiger partial charge in [-0.15, -0.1) is 11.6 Å². The van der Waals surface area contributed by atoms with Gasteiger partial charge in [-0.25, -0.2) is 0 Å². The molecule has 2 fully saturated rings. The van der Waals surface area contributed by atoms with Crippen molar-refractivity contribution in [3.05, 3.63) is 0 Å². The maximum atomic E-state index is 6.04. The lowest BCUT2D eigenvalue weighted by molar-refractivity contribution is 0.247. The highest BCUT2D eigenvalue weighted by Crippen LogP contribution is 2.27. The van der Waals surface area contributed by atoms with E-state index in [1.165, 1.54) is 38.6 Å². The Labute approximate surface area is 73.7 Å². The van der Waals surface area contributed by atoms with Gasteiger partial charge in [-0.05, 0) is 25.8 Å². The van der Waals surface area contributed by atoms with Crippen LogP contribution in [0.15, 0.2) is 0 Å². The number of alkyl halides is 1. The summed E-state index contributed by atoms with van der Waals surface area (Å²) in [6.45, 7) is 2.39. The Morgan fingerprint density at radius 1 is 1.09 bits per heavy atom. The Balaban J connectivity index is 1.85. The minimum absolute atomic E-state index is 0.440. The average Bonchev–Trinajstić information content (AvgIpc) is 2.55. The van der Waals surface area contributed by atoms with Gasteiger partial charge in [-0.2, -0.15) is 0 Å². The number of hydrogen-bond donors (Lipinski definition) is 0. The third-order valence-corrected chi connectivity index (χ3v) is 3.36. The Hall–Kier alpha value is 0.250. The van der Waals surface area contributed by atoms with Crippen molar-refractivity contribution in [1.82, 2.24) is 4.90 Å². The first-order valence-electron chi connectivity index (χ1n) is 4.74. The summed E-state index contributed by atoms with van der Waals surface area (Å²) in [5.74, 6) is 0. The second-order valence-electron chi connectivity index (χ2n) is 3.82. The van der Waals surface area contributed by atoms with Crippen LogP contribution in [0, 0.1) is 0 Å². The van der Waals surface area contributed by atoms with Gasteiger partial charge in [0.25, 0.3) is 0 Å². The zero-order valence-corrected chi connectivity index (χ0v) is 7.69. The van der Waals surface area contributed by atoms with Crippen LogP contribution in [0.2, 0.25) is 0 Å². The zero-order valence-electron chi connectivity index (χ0n) is 6.93. The fraction of sp³-hybridized carbons (Fsp3) is 1.00. The van der Waals surface area contributed by atoms with Crippen molar-refractivity contribution in [1.29, 1.82) is 0 Å². The van der Waals surface area contributed by atoms with Gasteiger partial charge >= 0.3 is 0 Å². The fourth-order valence-corrected chi connectivity index (χ4v) is 2.62. The molecule has 1 unspecified atom stereocenters. The lowest BCUT2D eigenvalue weighted by atomic mass is 10.2. The molecule has 0 radical (unpaired) electrons.